The first kappa shape index (κ1) is 45.8. The molecule has 6 fully saturated rings. The number of nitrogens with one attached hydrogen (secondary N) is 4. The Morgan fingerprint density at radius 2 is 1.62 bits per heavy atom. The van der Waals surface area contributed by atoms with Crippen LogP contribution in [0.3, 0.4) is 0 Å². The number of hydrogen-bond acceptors (Lipinski definition) is 8. The molecule has 1 aromatic heterocycles. The summed E-state index contributed by atoms with van der Waals surface area (Å²) in [6.07, 6.45) is 11.8. The van der Waals surface area contributed by atoms with Gasteiger partial charge in [-0.3, -0.25) is 38.9 Å². The molecule has 6 heterocycles. The molecule has 3 aromatic carbocycles. The van der Waals surface area contributed by atoms with Gasteiger partial charge < -0.3 is 20.4 Å². The van der Waals surface area contributed by atoms with Gasteiger partial charge in [-0.25, -0.2) is 9.18 Å². The van der Waals surface area contributed by atoms with Crippen LogP contribution < -0.4 is 27.0 Å². The van der Waals surface area contributed by atoms with E-state index in [1.54, 1.807) is 35.9 Å². The molecule has 3 spiro atoms. The smallest absolute Gasteiger partial charge is 0.329 e. The maximum atomic E-state index is 16.4. The Hall–Kier alpha value is -4.60. The van der Waals surface area contributed by atoms with E-state index in [9.17, 15) is 24.0 Å². The van der Waals surface area contributed by atoms with Crippen LogP contribution in [0.15, 0.2) is 59.4 Å². The molecule has 360 valence electrons. The van der Waals surface area contributed by atoms with Crippen LogP contribution in [0.1, 0.15) is 112 Å². The van der Waals surface area contributed by atoms with E-state index in [2.05, 4.69) is 43.2 Å². The largest absolute Gasteiger partial charge is 0.352 e. The predicted molar refractivity (Wildman–Crippen MR) is 259 cm³/mol. The van der Waals surface area contributed by atoms with Crippen molar-refractivity contribution in [3.05, 3.63) is 97.6 Å². The highest BCUT2D eigenvalue weighted by Crippen LogP contribution is 2.63. The zero-order chi connectivity index (χ0) is 47.1. The number of nitrogens with zero attached hydrogens (tertiary/aromatic N) is 4. The number of aromatic nitrogens is 2. The van der Waals surface area contributed by atoms with E-state index in [0.717, 1.165) is 107 Å². The Morgan fingerprint density at radius 3 is 2.37 bits per heavy atom. The molecule has 16 heteroatoms. The number of anilines is 1. The number of imidazole rings is 1. The van der Waals surface area contributed by atoms with Crippen LogP contribution in [0.4, 0.5) is 10.1 Å². The lowest BCUT2D eigenvalue weighted by atomic mass is 9.55. The number of rotatable bonds is 9. The number of imide groups is 1. The molecule has 11 rings (SSSR count). The number of hydrogen-bond donors (Lipinski definition) is 4. The average molecular weight is 968 g/mol. The quantitative estimate of drug-likeness (QED) is 0.135. The van der Waals surface area contributed by atoms with Crippen molar-refractivity contribution in [3.8, 4) is 0 Å². The van der Waals surface area contributed by atoms with Gasteiger partial charge in [-0.15, -0.1) is 0 Å². The van der Waals surface area contributed by atoms with E-state index in [-0.39, 0.29) is 46.5 Å². The number of carbonyl (C=O) groups is 4. The number of piperidine rings is 2. The summed E-state index contributed by atoms with van der Waals surface area (Å²) >= 11 is 12.9. The van der Waals surface area contributed by atoms with Crippen LogP contribution in [0.25, 0.3) is 11.0 Å². The Balaban J connectivity index is 0.686. The van der Waals surface area contributed by atoms with Gasteiger partial charge in [0.2, 0.25) is 23.6 Å². The van der Waals surface area contributed by atoms with Crippen LogP contribution in [0.5, 0.6) is 0 Å². The van der Waals surface area contributed by atoms with E-state index >= 15 is 4.39 Å². The molecular weight excluding hydrogens is 907 g/mol. The third-order valence-electron chi connectivity index (χ3n) is 17.4. The van der Waals surface area contributed by atoms with E-state index in [1.807, 2.05) is 12.1 Å². The highest BCUT2D eigenvalue weighted by Gasteiger charge is 2.72. The lowest BCUT2D eigenvalue weighted by Gasteiger charge is -2.54. The number of benzene rings is 3. The predicted octanol–water partition coefficient (Wildman–Crippen LogP) is 6.73. The Morgan fingerprint density at radius 1 is 0.853 bits per heavy atom. The van der Waals surface area contributed by atoms with Gasteiger partial charge in [0.1, 0.15) is 17.3 Å². The molecule has 4 N–H and O–H groups in total. The van der Waals surface area contributed by atoms with Crippen LogP contribution >= 0.6 is 23.2 Å². The number of halogens is 3. The normalized spacial score (nSPS) is 29.1. The lowest BCUT2D eigenvalue weighted by molar-refractivity contribution is -0.136. The molecule has 4 amide bonds. The van der Waals surface area contributed by atoms with Crippen molar-refractivity contribution in [2.75, 3.05) is 44.6 Å². The highest BCUT2D eigenvalue weighted by molar-refractivity contribution is 6.31. The monoisotopic (exact) mass is 966 g/mol. The SMILES string of the molecule is Cn1c(=O)n(C2CCC(=O)NC2=O)c2ccc(CCN3CC4(CCN(C[C@H]5CC[C@H](NC(=O)[C@@H]6NC7(CCCCC7)[C@@]7(C(=O)Nc8cc(Cl)ccc87)[C@H]6c6cccc(Cl)c6F)CC5)CC4)C3)cc21. The number of amides is 4. The van der Waals surface area contributed by atoms with Crippen molar-refractivity contribution < 1.29 is 23.6 Å². The van der Waals surface area contributed by atoms with Gasteiger partial charge in [0, 0.05) is 67.9 Å². The minimum Gasteiger partial charge on any atom is -0.352 e. The third kappa shape index (κ3) is 7.62. The number of likely N-dealkylation sites (tertiary alicyclic amines) is 2. The van der Waals surface area contributed by atoms with Crippen molar-refractivity contribution in [1.82, 2.24) is 34.9 Å². The van der Waals surface area contributed by atoms with E-state index < -0.39 is 40.7 Å². The highest BCUT2D eigenvalue weighted by atomic mass is 35.5. The topological polar surface area (TPSA) is 150 Å². The van der Waals surface area contributed by atoms with Gasteiger partial charge in [0.05, 0.1) is 22.1 Å². The summed E-state index contributed by atoms with van der Waals surface area (Å²) in [6.45, 7) is 6.43. The fourth-order valence-electron chi connectivity index (χ4n) is 14.0. The molecular formula is C52H61Cl2FN8O5. The maximum Gasteiger partial charge on any atom is 0.329 e. The number of fused-ring (bicyclic) bond motifs is 4. The summed E-state index contributed by atoms with van der Waals surface area (Å²) in [6, 6.07) is 14.9. The average Bonchev–Trinajstić information content (AvgIpc) is 3.87. The van der Waals surface area contributed by atoms with Crippen LogP contribution in [-0.4, -0.2) is 99.5 Å². The summed E-state index contributed by atoms with van der Waals surface area (Å²) in [4.78, 5) is 72.3. The minimum atomic E-state index is -1.25. The molecule has 4 saturated heterocycles. The Kier molecular flexibility index (Phi) is 11.9. The zero-order valence-corrected chi connectivity index (χ0v) is 40.2. The second kappa shape index (κ2) is 17.7. The van der Waals surface area contributed by atoms with Gasteiger partial charge >= 0.3 is 5.69 Å². The number of carbonyl (C=O) groups excluding carboxylic acids is 4. The van der Waals surface area contributed by atoms with Gasteiger partial charge in [-0.05, 0) is 136 Å². The van der Waals surface area contributed by atoms with Gasteiger partial charge in [0.25, 0.3) is 0 Å². The molecule has 7 aliphatic rings. The van der Waals surface area contributed by atoms with Crippen LogP contribution in [0.2, 0.25) is 10.0 Å². The fraction of sp³-hybridized carbons (Fsp3) is 0.558. The standard InChI is InChI=1S/C52H61Cl2FN8O5/c1-60-41-26-31(10-15-39(41)63(49(60)68)40-16-17-42(64)58-46(40)65)18-23-62-29-50(30-62)21-24-61(25-22-50)28-32-8-12-34(13-9-32)56-47(66)45-43(35-6-5-7-37(54)44(35)55)52(51(59-45)19-3-2-4-20-51)36-14-11-33(53)27-38(36)57-48(52)67/h5-7,10-11,14-15,26-27,32,34,40,43,45,59H,2-4,8-9,12-13,16-25,28-30H2,1H3,(H,56,66)(H,57,67)(H,58,64,65)/t32-,34-,40?,43-,45+,52+/m0/s1. The van der Waals surface area contributed by atoms with Crippen molar-refractivity contribution in [3.63, 3.8) is 0 Å². The lowest BCUT2D eigenvalue weighted by Crippen LogP contribution is -2.60. The van der Waals surface area contributed by atoms with Crippen molar-refractivity contribution in [2.45, 2.75) is 125 Å². The second-order valence-electron chi connectivity index (χ2n) is 21.3. The summed E-state index contributed by atoms with van der Waals surface area (Å²) in [5.41, 5.74) is 2.41. The molecule has 2 saturated carbocycles. The molecule has 4 aromatic rings. The second-order valence-corrected chi connectivity index (χ2v) is 22.2. The van der Waals surface area contributed by atoms with Crippen LogP contribution in [0, 0.1) is 17.2 Å². The maximum absolute atomic E-state index is 16.4. The van der Waals surface area contributed by atoms with Crippen molar-refractivity contribution in [2.24, 2.45) is 18.4 Å². The molecule has 5 aliphatic heterocycles. The van der Waals surface area contributed by atoms with E-state index in [0.29, 0.717) is 46.8 Å². The third-order valence-corrected chi connectivity index (χ3v) is 18.0. The molecule has 1 unspecified atom stereocenters. The van der Waals surface area contributed by atoms with Crippen LogP contribution in [-0.2, 0) is 38.1 Å². The first-order valence-corrected chi connectivity index (χ1v) is 25.7. The summed E-state index contributed by atoms with van der Waals surface area (Å²) < 4.78 is 19.5. The Bertz CT molecular complexity index is 2750. The first-order chi connectivity index (χ1) is 32.8. The summed E-state index contributed by atoms with van der Waals surface area (Å²) in [5, 5.41) is 13.1. The Labute approximate surface area is 405 Å². The first-order valence-electron chi connectivity index (χ1n) is 24.9. The van der Waals surface area contributed by atoms with Gasteiger partial charge in [-0.2, -0.15) is 0 Å². The van der Waals surface area contributed by atoms with E-state index in [1.165, 1.54) is 23.5 Å². The van der Waals surface area contributed by atoms with Crippen molar-refractivity contribution in [1.29, 1.82) is 0 Å². The van der Waals surface area contributed by atoms with Gasteiger partial charge in [-0.1, -0.05) is 66.7 Å². The molecule has 68 heavy (non-hydrogen) atoms. The molecule has 2 aliphatic carbocycles. The molecule has 0 radical (unpaired) electrons. The summed E-state index contributed by atoms with van der Waals surface area (Å²) in [7, 11) is 1.74. The molecule has 13 nitrogen and oxygen atoms in total. The minimum absolute atomic E-state index is 0.00826. The zero-order valence-electron chi connectivity index (χ0n) is 38.7. The van der Waals surface area contributed by atoms with Gasteiger partial charge in [0.15, 0.2) is 0 Å². The summed E-state index contributed by atoms with van der Waals surface area (Å²) in [5.74, 6) is -2.02. The van der Waals surface area contributed by atoms with Crippen molar-refractivity contribution >= 4 is 63.6 Å². The molecule has 0 bridgehead atoms. The molecule has 4 atom stereocenters. The van der Waals surface area contributed by atoms with E-state index in [4.69, 9.17) is 23.2 Å². The fourth-order valence-corrected chi connectivity index (χ4v) is 14.4. The number of aryl methyl sites for hydroxylation is 1.